The maximum absolute atomic E-state index is 12.0. The first-order valence-corrected chi connectivity index (χ1v) is 8.32. The number of nitrogens with zero attached hydrogens (tertiary/aromatic N) is 2. The number of ether oxygens (including phenoxy) is 1. The Morgan fingerprint density at radius 3 is 2.50 bits per heavy atom. The fourth-order valence-corrected chi connectivity index (χ4v) is 3.06. The van der Waals surface area contributed by atoms with Crippen molar-refractivity contribution in [2.45, 2.75) is 13.8 Å². The van der Waals surface area contributed by atoms with Gasteiger partial charge in [0.2, 0.25) is 5.13 Å². The Morgan fingerprint density at radius 2 is 1.79 bits per heavy atom. The van der Waals surface area contributed by atoms with E-state index in [2.05, 4.69) is 21.6 Å². The molecule has 5 nitrogen and oxygen atoms in total. The van der Waals surface area contributed by atoms with Gasteiger partial charge in [0.05, 0.1) is 0 Å². The van der Waals surface area contributed by atoms with Crippen molar-refractivity contribution in [1.82, 2.24) is 10.2 Å². The van der Waals surface area contributed by atoms with E-state index in [0.717, 1.165) is 21.7 Å². The van der Waals surface area contributed by atoms with E-state index >= 15 is 0 Å². The highest BCUT2D eigenvalue weighted by molar-refractivity contribution is 7.18. The molecule has 0 saturated carbocycles. The predicted molar refractivity (Wildman–Crippen MR) is 95.4 cm³/mol. The minimum Gasteiger partial charge on any atom is -0.484 e. The van der Waals surface area contributed by atoms with Crippen LogP contribution in [0.15, 0.2) is 48.5 Å². The van der Waals surface area contributed by atoms with Gasteiger partial charge in [-0.25, -0.2) is 0 Å². The van der Waals surface area contributed by atoms with E-state index in [-0.39, 0.29) is 12.5 Å². The van der Waals surface area contributed by atoms with E-state index in [9.17, 15) is 4.79 Å². The van der Waals surface area contributed by atoms with Crippen molar-refractivity contribution in [3.05, 3.63) is 59.7 Å². The van der Waals surface area contributed by atoms with Gasteiger partial charge in [-0.2, -0.15) is 0 Å². The lowest BCUT2D eigenvalue weighted by Crippen LogP contribution is -2.20. The summed E-state index contributed by atoms with van der Waals surface area (Å²) < 4.78 is 5.54. The van der Waals surface area contributed by atoms with E-state index in [4.69, 9.17) is 4.74 Å². The van der Waals surface area contributed by atoms with Gasteiger partial charge in [0, 0.05) is 5.56 Å². The Kier molecular flexibility index (Phi) is 4.86. The zero-order chi connectivity index (χ0) is 16.9. The van der Waals surface area contributed by atoms with Crippen molar-refractivity contribution >= 4 is 22.4 Å². The minimum atomic E-state index is -0.259. The summed E-state index contributed by atoms with van der Waals surface area (Å²) >= 11 is 1.33. The van der Waals surface area contributed by atoms with Crippen LogP contribution in [0.25, 0.3) is 10.6 Å². The summed E-state index contributed by atoms with van der Waals surface area (Å²) in [4.78, 5) is 12.0. The molecule has 0 atom stereocenters. The standard InChI is InChI=1S/C18H17N3O2S/c1-12-8-13(2)10-15(9-12)23-11-16(22)19-18-21-20-17(24-18)14-6-4-3-5-7-14/h3-10H,11H2,1-2H3,(H,19,21,22). The molecule has 6 heteroatoms. The smallest absolute Gasteiger partial charge is 0.264 e. The van der Waals surface area contributed by atoms with Crippen molar-refractivity contribution in [2.24, 2.45) is 0 Å². The molecule has 3 rings (SSSR count). The number of hydrogen-bond donors (Lipinski definition) is 1. The largest absolute Gasteiger partial charge is 0.484 e. The Bertz CT molecular complexity index is 826. The second kappa shape index (κ2) is 7.23. The van der Waals surface area contributed by atoms with Crippen LogP contribution in [0.1, 0.15) is 11.1 Å². The SMILES string of the molecule is Cc1cc(C)cc(OCC(=O)Nc2nnc(-c3ccccc3)s2)c1. The lowest BCUT2D eigenvalue weighted by atomic mass is 10.1. The first-order valence-electron chi connectivity index (χ1n) is 7.50. The van der Waals surface area contributed by atoms with Crippen LogP contribution < -0.4 is 10.1 Å². The van der Waals surface area contributed by atoms with Crippen molar-refractivity contribution < 1.29 is 9.53 Å². The lowest BCUT2D eigenvalue weighted by molar-refractivity contribution is -0.118. The Balaban J connectivity index is 1.58. The molecule has 1 aromatic heterocycles. The molecule has 1 heterocycles. The fraction of sp³-hybridized carbons (Fsp3) is 0.167. The van der Waals surface area contributed by atoms with Gasteiger partial charge >= 0.3 is 0 Å². The lowest BCUT2D eigenvalue weighted by Gasteiger charge is -2.07. The van der Waals surface area contributed by atoms with Crippen LogP contribution in [0, 0.1) is 13.8 Å². The number of rotatable bonds is 5. The fourth-order valence-electron chi connectivity index (χ4n) is 2.29. The zero-order valence-corrected chi connectivity index (χ0v) is 14.3. The molecule has 2 aromatic carbocycles. The van der Waals surface area contributed by atoms with Gasteiger partial charge in [-0.15, -0.1) is 10.2 Å². The summed E-state index contributed by atoms with van der Waals surface area (Å²) in [5.41, 5.74) is 3.17. The van der Waals surface area contributed by atoms with E-state index in [1.807, 2.05) is 56.3 Å². The normalized spacial score (nSPS) is 10.4. The van der Waals surface area contributed by atoms with Crippen LogP contribution in [0.3, 0.4) is 0 Å². The van der Waals surface area contributed by atoms with E-state index in [0.29, 0.717) is 10.9 Å². The molecule has 0 aliphatic carbocycles. The van der Waals surface area contributed by atoms with Gasteiger partial charge in [-0.05, 0) is 37.1 Å². The van der Waals surface area contributed by atoms with Crippen molar-refractivity contribution in [3.63, 3.8) is 0 Å². The first-order chi connectivity index (χ1) is 11.6. The van der Waals surface area contributed by atoms with Crippen molar-refractivity contribution in [2.75, 3.05) is 11.9 Å². The third-order valence-electron chi connectivity index (χ3n) is 3.26. The predicted octanol–water partition coefficient (Wildman–Crippen LogP) is 3.84. The number of nitrogens with one attached hydrogen (secondary N) is 1. The summed E-state index contributed by atoms with van der Waals surface area (Å²) in [6, 6.07) is 15.6. The van der Waals surface area contributed by atoms with Gasteiger partial charge in [0.25, 0.3) is 5.91 Å². The highest BCUT2D eigenvalue weighted by atomic mass is 32.1. The van der Waals surface area contributed by atoms with Crippen LogP contribution in [0.4, 0.5) is 5.13 Å². The number of anilines is 1. The average molecular weight is 339 g/mol. The summed E-state index contributed by atoms with van der Waals surface area (Å²) in [5.74, 6) is 0.426. The van der Waals surface area contributed by atoms with Crippen LogP contribution in [-0.2, 0) is 4.79 Å². The van der Waals surface area contributed by atoms with Gasteiger partial charge < -0.3 is 4.74 Å². The number of benzene rings is 2. The zero-order valence-electron chi connectivity index (χ0n) is 13.4. The third kappa shape index (κ3) is 4.17. The molecule has 0 spiro atoms. The molecule has 0 aliphatic rings. The molecule has 0 fully saturated rings. The maximum atomic E-state index is 12.0. The van der Waals surface area contributed by atoms with Crippen molar-refractivity contribution in [3.8, 4) is 16.3 Å². The highest BCUT2D eigenvalue weighted by Crippen LogP contribution is 2.25. The molecule has 1 amide bonds. The van der Waals surface area contributed by atoms with E-state index in [1.165, 1.54) is 11.3 Å². The highest BCUT2D eigenvalue weighted by Gasteiger charge is 2.10. The molecular weight excluding hydrogens is 322 g/mol. The second-order valence-corrected chi connectivity index (χ2v) is 6.42. The van der Waals surface area contributed by atoms with Crippen LogP contribution in [0.5, 0.6) is 5.75 Å². The average Bonchev–Trinajstić information content (AvgIpc) is 3.01. The number of hydrogen-bond acceptors (Lipinski definition) is 5. The molecule has 0 aliphatic heterocycles. The molecule has 24 heavy (non-hydrogen) atoms. The van der Waals surface area contributed by atoms with E-state index in [1.54, 1.807) is 0 Å². The van der Waals surface area contributed by atoms with Gasteiger partial charge in [-0.1, -0.05) is 47.7 Å². The van der Waals surface area contributed by atoms with Crippen LogP contribution >= 0.6 is 11.3 Å². The summed E-state index contributed by atoms with van der Waals surface area (Å²) in [5, 5.41) is 12.0. The molecule has 0 unspecified atom stereocenters. The van der Waals surface area contributed by atoms with Crippen LogP contribution in [0.2, 0.25) is 0 Å². The van der Waals surface area contributed by atoms with Gasteiger partial charge in [0.1, 0.15) is 10.8 Å². The summed E-state index contributed by atoms with van der Waals surface area (Å²) in [6.45, 7) is 3.92. The number of aryl methyl sites for hydroxylation is 2. The molecular formula is C18H17N3O2S. The topological polar surface area (TPSA) is 64.1 Å². The number of aromatic nitrogens is 2. The second-order valence-electron chi connectivity index (χ2n) is 5.44. The van der Waals surface area contributed by atoms with Crippen LogP contribution in [-0.4, -0.2) is 22.7 Å². The third-order valence-corrected chi connectivity index (χ3v) is 4.14. The number of carbonyl (C=O) groups excluding carboxylic acids is 1. The number of amides is 1. The minimum absolute atomic E-state index is 0.0663. The molecule has 3 aromatic rings. The summed E-state index contributed by atoms with van der Waals surface area (Å²) in [6.07, 6.45) is 0. The molecule has 0 bridgehead atoms. The van der Waals surface area contributed by atoms with Gasteiger partial charge in [0.15, 0.2) is 6.61 Å². The molecule has 0 radical (unpaired) electrons. The molecule has 1 N–H and O–H groups in total. The molecule has 0 saturated heterocycles. The Hall–Kier alpha value is -2.73. The first kappa shape index (κ1) is 16.1. The Morgan fingerprint density at radius 1 is 1.08 bits per heavy atom. The summed E-state index contributed by atoms with van der Waals surface area (Å²) in [7, 11) is 0. The quantitative estimate of drug-likeness (QED) is 0.767. The number of carbonyl (C=O) groups is 1. The maximum Gasteiger partial charge on any atom is 0.264 e. The molecule has 122 valence electrons. The van der Waals surface area contributed by atoms with Crippen molar-refractivity contribution in [1.29, 1.82) is 0 Å². The monoisotopic (exact) mass is 339 g/mol. The Labute approximate surface area is 144 Å². The van der Waals surface area contributed by atoms with E-state index < -0.39 is 0 Å². The van der Waals surface area contributed by atoms with Gasteiger partial charge in [-0.3, -0.25) is 10.1 Å².